The zero-order chi connectivity index (χ0) is 9.68. The van der Waals surface area contributed by atoms with Gasteiger partial charge in [0.05, 0.1) is 19.1 Å². The molecule has 0 heterocycles. The summed E-state index contributed by atoms with van der Waals surface area (Å²) in [5.41, 5.74) is 1.96. The van der Waals surface area contributed by atoms with E-state index in [0.29, 0.717) is 18.1 Å². The molecule has 0 aliphatic carbocycles. The molecule has 13 heavy (non-hydrogen) atoms. The number of halogens is 1. The molecule has 0 amide bonds. The topological polar surface area (TPSA) is 33.0 Å². The smallest absolute Gasteiger partial charge is 0.0716 e. The summed E-state index contributed by atoms with van der Waals surface area (Å²) in [6.45, 7) is 0.498. The lowest BCUT2D eigenvalue weighted by Gasteiger charge is -2.05. The number of methoxy groups -OCH3 is 1. The lowest BCUT2D eigenvalue weighted by molar-refractivity contribution is 0.184. The SMILES string of the molecule is COCc1cc(Cl)ccc1CC#N. The third-order valence-corrected chi connectivity index (χ3v) is 1.97. The second-order valence-corrected chi connectivity index (χ2v) is 3.12. The standard InChI is InChI=1S/C10H10ClNO/c1-13-7-9-6-10(11)3-2-8(9)4-5-12/h2-3,6H,4,7H2,1H3. The van der Waals surface area contributed by atoms with E-state index >= 15 is 0 Å². The van der Waals surface area contributed by atoms with Crippen molar-refractivity contribution >= 4 is 11.6 Å². The monoisotopic (exact) mass is 195 g/mol. The normalized spacial score (nSPS) is 9.62. The number of hydrogen-bond donors (Lipinski definition) is 0. The Balaban J connectivity index is 2.97. The molecule has 0 aliphatic rings. The molecule has 0 aliphatic heterocycles. The number of benzene rings is 1. The zero-order valence-electron chi connectivity index (χ0n) is 7.38. The fraction of sp³-hybridized carbons (Fsp3) is 0.300. The van der Waals surface area contributed by atoms with Gasteiger partial charge in [0.25, 0.3) is 0 Å². The molecule has 0 radical (unpaired) electrons. The van der Waals surface area contributed by atoms with E-state index in [2.05, 4.69) is 6.07 Å². The van der Waals surface area contributed by atoms with Gasteiger partial charge in [-0.15, -0.1) is 0 Å². The van der Waals surface area contributed by atoms with Crippen molar-refractivity contribution in [2.75, 3.05) is 7.11 Å². The van der Waals surface area contributed by atoms with Crippen molar-refractivity contribution in [3.63, 3.8) is 0 Å². The van der Waals surface area contributed by atoms with Gasteiger partial charge in [-0.1, -0.05) is 17.7 Å². The second-order valence-electron chi connectivity index (χ2n) is 2.68. The van der Waals surface area contributed by atoms with Gasteiger partial charge in [0.15, 0.2) is 0 Å². The van der Waals surface area contributed by atoms with Crippen LogP contribution in [0.25, 0.3) is 0 Å². The number of rotatable bonds is 3. The predicted octanol–water partition coefficient (Wildman–Crippen LogP) is 2.55. The Kier molecular flexibility index (Phi) is 3.75. The molecule has 0 aromatic heterocycles. The first-order valence-electron chi connectivity index (χ1n) is 3.91. The van der Waals surface area contributed by atoms with Crippen LogP contribution in [0.5, 0.6) is 0 Å². The molecule has 0 N–H and O–H groups in total. The lowest BCUT2D eigenvalue weighted by atomic mass is 10.1. The van der Waals surface area contributed by atoms with Crippen LogP contribution in [0, 0.1) is 11.3 Å². The van der Waals surface area contributed by atoms with Crippen molar-refractivity contribution in [2.24, 2.45) is 0 Å². The Labute approximate surface area is 82.7 Å². The first-order chi connectivity index (χ1) is 6.27. The summed E-state index contributed by atoms with van der Waals surface area (Å²) in [6, 6.07) is 7.58. The minimum Gasteiger partial charge on any atom is -0.380 e. The average molecular weight is 196 g/mol. The highest BCUT2D eigenvalue weighted by Gasteiger charge is 2.02. The molecule has 1 aromatic carbocycles. The van der Waals surface area contributed by atoms with Gasteiger partial charge in [0.1, 0.15) is 0 Å². The molecule has 1 aromatic rings. The van der Waals surface area contributed by atoms with E-state index in [0.717, 1.165) is 11.1 Å². The number of nitrogens with zero attached hydrogens (tertiary/aromatic N) is 1. The van der Waals surface area contributed by atoms with E-state index in [4.69, 9.17) is 21.6 Å². The largest absolute Gasteiger partial charge is 0.380 e. The molecular weight excluding hydrogens is 186 g/mol. The summed E-state index contributed by atoms with van der Waals surface area (Å²) in [7, 11) is 1.62. The van der Waals surface area contributed by atoms with Gasteiger partial charge in [0, 0.05) is 12.1 Å². The first kappa shape index (κ1) is 10.0. The molecule has 0 bridgehead atoms. The van der Waals surface area contributed by atoms with Crippen molar-refractivity contribution in [3.8, 4) is 6.07 Å². The van der Waals surface area contributed by atoms with Crippen LogP contribution in [-0.2, 0) is 17.8 Å². The van der Waals surface area contributed by atoms with Gasteiger partial charge in [0.2, 0.25) is 0 Å². The van der Waals surface area contributed by atoms with Crippen molar-refractivity contribution < 1.29 is 4.74 Å². The molecule has 68 valence electrons. The van der Waals surface area contributed by atoms with E-state index < -0.39 is 0 Å². The number of ether oxygens (including phenoxy) is 1. The Bertz CT molecular complexity index is 330. The molecule has 2 nitrogen and oxygen atoms in total. The fourth-order valence-corrected chi connectivity index (χ4v) is 1.34. The maximum Gasteiger partial charge on any atom is 0.0716 e. The van der Waals surface area contributed by atoms with E-state index in [9.17, 15) is 0 Å². The zero-order valence-corrected chi connectivity index (χ0v) is 8.14. The third kappa shape index (κ3) is 2.73. The molecule has 0 spiro atoms. The first-order valence-corrected chi connectivity index (χ1v) is 4.29. The Morgan fingerprint density at radius 2 is 2.23 bits per heavy atom. The van der Waals surface area contributed by atoms with Gasteiger partial charge in [-0.25, -0.2) is 0 Å². The van der Waals surface area contributed by atoms with E-state index in [1.54, 1.807) is 13.2 Å². The van der Waals surface area contributed by atoms with E-state index in [-0.39, 0.29) is 0 Å². The average Bonchev–Trinajstić information content (AvgIpc) is 2.10. The van der Waals surface area contributed by atoms with Crippen LogP contribution in [0.4, 0.5) is 0 Å². The van der Waals surface area contributed by atoms with Crippen LogP contribution >= 0.6 is 11.6 Å². The van der Waals surface area contributed by atoms with Crippen molar-refractivity contribution in [1.29, 1.82) is 5.26 Å². The minimum atomic E-state index is 0.399. The quantitative estimate of drug-likeness (QED) is 0.743. The molecule has 0 unspecified atom stereocenters. The van der Waals surface area contributed by atoms with Crippen molar-refractivity contribution in [3.05, 3.63) is 34.3 Å². The second kappa shape index (κ2) is 4.86. The highest BCUT2D eigenvalue weighted by atomic mass is 35.5. The van der Waals surface area contributed by atoms with Gasteiger partial charge in [-0.2, -0.15) is 5.26 Å². The summed E-state index contributed by atoms with van der Waals surface area (Å²) in [6.07, 6.45) is 0.399. The summed E-state index contributed by atoms with van der Waals surface area (Å²) in [5, 5.41) is 9.23. The third-order valence-electron chi connectivity index (χ3n) is 1.74. The summed E-state index contributed by atoms with van der Waals surface area (Å²) < 4.78 is 5.00. The van der Waals surface area contributed by atoms with Crippen molar-refractivity contribution in [2.45, 2.75) is 13.0 Å². The molecule has 3 heteroatoms. The Hall–Kier alpha value is -1.04. The van der Waals surface area contributed by atoms with Crippen LogP contribution in [0.1, 0.15) is 11.1 Å². The maximum atomic E-state index is 8.56. The van der Waals surface area contributed by atoms with Crippen LogP contribution in [0.3, 0.4) is 0 Å². The van der Waals surface area contributed by atoms with Crippen molar-refractivity contribution in [1.82, 2.24) is 0 Å². The maximum absolute atomic E-state index is 8.56. The highest BCUT2D eigenvalue weighted by molar-refractivity contribution is 6.30. The molecule has 0 saturated heterocycles. The summed E-state index contributed by atoms with van der Waals surface area (Å²) in [4.78, 5) is 0. The van der Waals surface area contributed by atoms with Gasteiger partial charge in [-0.3, -0.25) is 0 Å². The van der Waals surface area contributed by atoms with Crippen LogP contribution in [-0.4, -0.2) is 7.11 Å². The Morgan fingerprint density at radius 1 is 1.46 bits per heavy atom. The minimum absolute atomic E-state index is 0.399. The molecule has 1 rings (SSSR count). The highest BCUT2D eigenvalue weighted by Crippen LogP contribution is 2.17. The fourth-order valence-electron chi connectivity index (χ4n) is 1.14. The molecule has 0 fully saturated rings. The van der Waals surface area contributed by atoms with Gasteiger partial charge < -0.3 is 4.74 Å². The summed E-state index contributed by atoms with van der Waals surface area (Å²) >= 11 is 5.81. The summed E-state index contributed by atoms with van der Waals surface area (Å²) in [5.74, 6) is 0. The van der Waals surface area contributed by atoms with Gasteiger partial charge >= 0.3 is 0 Å². The molecule has 0 atom stereocenters. The Morgan fingerprint density at radius 3 is 2.85 bits per heavy atom. The van der Waals surface area contributed by atoms with Crippen LogP contribution < -0.4 is 0 Å². The number of hydrogen-bond acceptors (Lipinski definition) is 2. The molecular formula is C10H10ClNO. The predicted molar refractivity (Wildman–Crippen MR) is 51.5 cm³/mol. The van der Waals surface area contributed by atoms with Crippen LogP contribution in [0.2, 0.25) is 5.02 Å². The molecule has 0 saturated carbocycles. The van der Waals surface area contributed by atoms with E-state index in [1.807, 2.05) is 12.1 Å². The van der Waals surface area contributed by atoms with E-state index in [1.165, 1.54) is 0 Å². The number of nitriles is 1. The lowest BCUT2D eigenvalue weighted by Crippen LogP contribution is -1.94. The van der Waals surface area contributed by atoms with Crippen LogP contribution in [0.15, 0.2) is 18.2 Å². The van der Waals surface area contributed by atoms with Gasteiger partial charge in [-0.05, 0) is 23.3 Å².